The first-order valence-electron chi connectivity index (χ1n) is 5.08. The van der Waals surface area contributed by atoms with Gasteiger partial charge < -0.3 is 10.6 Å². The molecular formula is C11H13BrClFN2O. The van der Waals surface area contributed by atoms with Crippen LogP contribution in [-0.4, -0.2) is 29.9 Å². The molecule has 0 aromatic heterocycles. The lowest BCUT2D eigenvalue weighted by Gasteiger charge is -2.16. The predicted octanol–water partition coefficient (Wildman–Crippen LogP) is 2.18. The van der Waals surface area contributed by atoms with E-state index in [2.05, 4.69) is 15.9 Å². The third-order valence-electron chi connectivity index (χ3n) is 2.67. The third kappa shape index (κ3) is 3.18. The Morgan fingerprint density at radius 2 is 2.24 bits per heavy atom. The van der Waals surface area contributed by atoms with E-state index in [4.69, 9.17) is 5.73 Å². The molecule has 1 aliphatic rings. The highest BCUT2D eigenvalue weighted by Crippen LogP contribution is 2.19. The maximum absolute atomic E-state index is 13.5. The Morgan fingerprint density at radius 1 is 1.53 bits per heavy atom. The molecule has 2 rings (SSSR count). The second-order valence-electron chi connectivity index (χ2n) is 3.92. The highest BCUT2D eigenvalue weighted by atomic mass is 79.9. The average molecular weight is 324 g/mol. The van der Waals surface area contributed by atoms with Gasteiger partial charge >= 0.3 is 0 Å². The van der Waals surface area contributed by atoms with Crippen LogP contribution in [0.5, 0.6) is 0 Å². The molecule has 1 heterocycles. The average Bonchev–Trinajstić information content (AvgIpc) is 2.67. The van der Waals surface area contributed by atoms with E-state index >= 15 is 0 Å². The lowest BCUT2D eigenvalue weighted by molar-refractivity contribution is 0.0786. The number of rotatable bonds is 1. The van der Waals surface area contributed by atoms with Crippen molar-refractivity contribution in [3.63, 3.8) is 0 Å². The van der Waals surface area contributed by atoms with Gasteiger partial charge in [-0.25, -0.2) is 4.39 Å². The van der Waals surface area contributed by atoms with E-state index in [9.17, 15) is 9.18 Å². The number of hydrogen-bond acceptors (Lipinski definition) is 2. The standard InChI is InChI=1S/C11H12BrFN2O.ClH/c12-7-1-2-10(13)9(5-7)11(16)15-4-3-8(14)6-15;/h1-2,5,8H,3-4,6,14H2;1H. The fourth-order valence-electron chi connectivity index (χ4n) is 1.80. The van der Waals surface area contributed by atoms with E-state index < -0.39 is 5.82 Å². The van der Waals surface area contributed by atoms with Gasteiger partial charge in [-0.1, -0.05) is 15.9 Å². The smallest absolute Gasteiger partial charge is 0.256 e. The minimum absolute atomic E-state index is 0. The van der Waals surface area contributed by atoms with Crippen molar-refractivity contribution in [1.29, 1.82) is 0 Å². The summed E-state index contributed by atoms with van der Waals surface area (Å²) in [6.45, 7) is 1.11. The minimum atomic E-state index is -0.492. The molecule has 1 fully saturated rings. The van der Waals surface area contributed by atoms with Gasteiger partial charge in [-0.3, -0.25) is 4.79 Å². The molecule has 0 radical (unpaired) electrons. The van der Waals surface area contributed by atoms with Crippen molar-refractivity contribution in [2.24, 2.45) is 5.73 Å². The van der Waals surface area contributed by atoms with Crippen molar-refractivity contribution < 1.29 is 9.18 Å². The number of hydrogen-bond donors (Lipinski definition) is 1. The first-order valence-corrected chi connectivity index (χ1v) is 5.87. The van der Waals surface area contributed by atoms with Gasteiger partial charge in [0, 0.05) is 23.6 Å². The molecule has 0 bridgehead atoms. The van der Waals surface area contributed by atoms with Crippen molar-refractivity contribution in [2.75, 3.05) is 13.1 Å². The number of carbonyl (C=O) groups is 1. The summed E-state index contributed by atoms with van der Waals surface area (Å²) < 4.78 is 14.2. The summed E-state index contributed by atoms with van der Waals surface area (Å²) in [6.07, 6.45) is 0.779. The molecule has 1 saturated heterocycles. The number of nitrogens with two attached hydrogens (primary N) is 1. The molecule has 0 saturated carbocycles. The van der Waals surface area contributed by atoms with E-state index in [0.717, 1.165) is 6.42 Å². The van der Waals surface area contributed by atoms with E-state index in [1.54, 1.807) is 11.0 Å². The van der Waals surface area contributed by atoms with Crippen LogP contribution in [0.2, 0.25) is 0 Å². The summed E-state index contributed by atoms with van der Waals surface area (Å²) in [5.74, 6) is -0.777. The van der Waals surface area contributed by atoms with Gasteiger partial charge in [-0.15, -0.1) is 12.4 Å². The van der Waals surface area contributed by atoms with Crippen LogP contribution >= 0.6 is 28.3 Å². The molecule has 0 aliphatic carbocycles. The largest absolute Gasteiger partial charge is 0.337 e. The zero-order chi connectivity index (χ0) is 11.7. The van der Waals surface area contributed by atoms with Crippen LogP contribution < -0.4 is 5.73 Å². The predicted molar refractivity (Wildman–Crippen MR) is 69.8 cm³/mol. The molecule has 1 amide bonds. The van der Waals surface area contributed by atoms with Crippen LogP contribution in [0.3, 0.4) is 0 Å². The monoisotopic (exact) mass is 322 g/mol. The van der Waals surface area contributed by atoms with Crippen LogP contribution in [0.15, 0.2) is 22.7 Å². The van der Waals surface area contributed by atoms with Crippen LogP contribution in [-0.2, 0) is 0 Å². The number of nitrogens with zero attached hydrogens (tertiary/aromatic N) is 1. The highest BCUT2D eigenvalue weighted by molar-refractivity contribution is 9.10. The zero-order valence-electron chi connectivity index (χ0n) is 9.03. The van der Waals surface area contributed by atoms with Crippen LogP contribution in [0, 0.1) is 5.82 Å². The minimum Gasteiger partial charge on any atom is -0.337 e. The summed E-state index contributed by atoms with van der Waals surface area (Å²) in [4.78, 5) is 13.6. The number of halogens is 3. The Labute approximate surface area is 114 Å². The van der Waals surface area contributed by atoms with Crippen LogP contribution in [0.25, 0.3) is 0 Å². The SMILES string of the molecule is Cl.NC1CCN(C(=O)c2cc(Br)ccc2F)C1. The summed E-state index contributed by atoms with van der Waals surface area (Å²) in [6, 6.07) is 4.37. The quantitative estimate of drug-likeness (QED) is 0.861. The maximum Gasteiger partial charge on any atom is 0.256 e. The Balaban J connectivity index is 0.00000144. The molecule has 0 spiro atoms. The number of carbonyl (C=O) groups excluding carboxylic acids is 1. The topological polar surface area (TPSA) is 46.3 Å². The molecule has 94 valence electrons. The zero-order valence-corrected chi connectivity index (χ0v) is 11.4. The fourth-order valence-corrected chi connectivity index (χ4v) is 2.16. The van der Waals surface area contributed by atoms with E-state index in [1.807, 2.05) is 0 Å². The maximum atomic E-state index is 13.5. The summed E-state index contributed by atoms with van der Waals surface area (Å²) in [5, 5.41) is 0. The van der Waals surface area contributed by atoms with Crippen molar-refractivity contribution in [3.05, 3.63) is 34.1 Å². The van der Waals surface area contributed by atoms with Gasteiger partial charge in [0.25, 0.3) is 5.91 Å². The number of likely N-dealkylation sites (tertiary alicyclic amines) is 1. The Hall–Kier alpha value is -0.650. The van der Waals surface area contributed by atoms with Crippen molar-refractivity contribution in [1.82, 2.24) is 4.90 Å². The Morgan fingerprint density at radius 3 is 2.82 bits per heavy atom. The molecule has 2 N–H and O–H groups in total. The molecule has 1 atom stereocenters. The second kappa shape index (κ2) is 5.80. The van der Waals surface area contributed by atoms with Gasteiger partial charge in [0.05, 0.1) is 5.56 Å². The summed E-state index contributed by atoms with van der Waals surface area (Å²) in [5.41, 5.74) is 5.81. The molecule has 1 aromatic carbocycles. The van der Waals surface area contributed by atoms with Crippen molar-refractivity contribution in [2.45, 2.75) is 12.5 Å². The van der Waals surface area contributed by atoms with Gasteiger partial charge in [0.1, 0.15) is 5.82 Å². The Kier molecular flexibility index (Phi) is 4.91. The number of benzene rings is 1. The van der Waals surface area contributed by atoms with Gasteiger partial charge in [-0.05, 0) is 24.6 Å². The van der Waals surface area contributed by atoms with Crippen molar-refractivity contribution in [3.8, 4) is 0 Å². The van der Waals surface area contributed by atoms with E-state index in [0.29, 0.717) is 17.6 Å². The molecule has 1 aromatic rings. The summed E-state index contributed by atoms with van der Waals surface area (Å²) in [7, 11) is 0. The van der Waals surface area contributed by atoms with Gasteiger partial charge in [0.15, 0.2) is 0 Å². The van der Waals surface area contributed by atoms with Crippen LogP contribution in [0.1, 0.15) is 16.8 Å². The van der Waals surface area contributed by atoms with Crippen molar-refractivity contribution >= 4 is 34.2 Å². The molecular weight excluding hydrogens is 310 g/mol. The van der Waals surface area contributed by atoms with Gasteiger partial charge in [0.2, 0.25) is 0 Å². The first-order chi connectivity index (χ1) is 7.58. The molecule has 3 nitrogen and oxygen atoms in total. The first kappa shape index (κ1) is 14.4. The second-order valence-corrected chi connectivity index (χ2v) is 4.84. The molecule has 1 unspecified atom stereocenters. The van der Waals surface area contributed by atoms with E-state index in [1.165, 1.54) is 12.1 Å². The summed E-state index contributed by atoms with van der Waals surface area (Å²) >= 11 is 3.22. The number of amides is 1. The Bertz CT molecular complexity index is 430. The van der Waals surface area contributed by atoms with E-state index in [-0.39, 0.29) is 29.9 Å². The molecule has 6 heteroatoms. The van der Waals surface area contributed by atoms with Crippen LogP contribution in [0.4, 0.5) is 4.39 Å². The lowest BCUT2D eigenvalue weighted by Crippen LogP contribution is -2.32. The molecule has 1 aliphatic heterocycles. The third-order valence-corrected chi connectivity index (χ3v) is 3.16. The molecule has 17 heavy (non-hydrogen) atoms. The fraction of sp³-hybridized carbons (Fsp3) is 0.364. The van der Waals surface area contributed by atoms with Gasteiger partial charge in [-0.2, -0.15) is 0 Å². The highest BCUT2D eigenvalue weighted by Gasteiger charge is 2.26. The normalized spacial score (nSPS) is 19.0. The lowest BCUT2D eigenvalue weighted by atomic mass is 10.2.